The molecule has 0 spiro atoms. The van der Waals surface area contributed by atoms with Crippen molar-refractivity contribution >= 4 is 40.3 Å². The van der Waals surface area contributed by atoms with Gasteiger partial charge in [-0.2, -0.15) is 18.3 Å². The van der Waals surface area contributed by atoms with E-state index in [0.717, 1.165) is 16.5 Å². The van der Waals surface area contributed by atoms with E-state index >= 15 is 0 Å². The lowest BCUT2D eigenvalue weighted by Gasteiger charge is -2.36. The van der Waals surface area contributed by atoms with Crippen LogP contribution in [0.4, 0.5) is 13.2 Å². The Morgan fingerprint density at radius 3 is 2.17 bits per heavy atom. The molecule has 1 aliphatic rings. The lowest BCUT2D eigenvalue weighted by atomic mass is 10.1. The molecule has 2 amide bonds. The number of nitrogens with two attached hydrogens (primary N) is 1. The van der Waals surface area contributed by atoms with Crippen molar-refractivity contribution in [3.63, 3.8) is 0 Å². The summed E-state index contributed by atoms with van der Waals surface area (Å²) in [7, 11) is 0. The third-order valence-corrected chi connectivity index (χ3v) is 5.56. The van der Waals surface area contributed by atoms with Crippen LogP contribution in [-0.4, -0.2) is 75.2 Å². The first-order valence-electron chi connectivity index (χ1n) is 10.3. The van der Waals surface area contributed by atoms with E-state index in [1.165, 1.54) is 0 Å². The highest BCUT2D eigenvalue weighted by Gasteiger charge is 2.38. The van der Waals surface area contributed by atoms with Crippen molar-refractivity contribution < 1.29 is 32.7 Å². The van der Waals surface area contributed by atoms with Crippen LogP contribution in [0.15, 0.2) is 48.7 Å². The molecule has 1 unspecified atom stereocenters. The molecule has 1 fully saturated rings. The number of nitrogens with zero attached hydrogens (tertiary/aromatic N) is 3. The minimum Gasteiger partial charge on any atom is -0.475 e. The molecule has 0 bridgehead atoms. The Hall–Kier alpha value is -3.64. The van der Waals surface area contributed by atoms with Crippen molar-refractivity contribution in [1.82, 2.24) is 20.0 Å². The number of H-pyrrole nitrogens is 1. The lowest BCUT2D eigenvalue weighted by molar-refractivity contribution is -0.192. The highest BCUT2D eigenvalue weighted by Crippen LogP contribution is 2.19. The number of aliphatic carboxylic acids is 1. The summed E-state index contributed by atoms with van der Waals surface area (Å²) in [6.07, 6.45) is -3.39. The SMILES string of the molecule is NC(C(=O)N1CCN(C(=O)c2ccc3[nH]ncc3c2)CC1)c1ccc(Cl)cc1.O=C(O)C(F)(F)F. The van der Waals surface area contributed by atoms with Gasteiger partial charge in [0.2, 0.25) is 5.91 Å². The van der Waals surface area contributed by atoms with Crippen LogP contribution in [0.1, 0.15) is 22.0 Å². The van der Waals surface area contributed by atoms with Gasteiger partial charge in [0.05, 0.1) is 11.7 Å². The summed E-state index contributed by atoms with van der Waals surface area (Å²) in [5.41, 5.74) is 8.36. The molecule has 1 aliphatic heterocycles. The Kier molecular flexibility index (Phi) is 7.97. The summed E-state index contributed by atoms with van der Waals surface area (Å²) >= 11 is 5.89. The summed E-state index contributed by atoms with van der Waals surface area (Å²) < 4.78 is 31.7. The number of alkyl halides is 3. The molecule has 4 N–H and O–H groups in total. The molecule has 3 aromatic rings. The molecule has 2 aromatic carbocycles. The van der Waals surface area contributed by atoms with E-state index in [1.54, 1.807) is 46.3 Å². The van der Waals surface area contributed by atoms with Crippen molar-refractivity contribution in [2.24, 2.45) is 5.73 Å². The van der Waals surface area contributed by atoms with Gasteiger partial charge >= 0.3 is 12.1 Å². The second kappa shape index (κ2) is 10.7. The smallest absolute Gasteiger partial charge is 0.475 e. The number of carboxylic acid groups (broad SMARTS) is 1. The molecule has 9 nitrogen and oxygen atoms in total. The van der Waals surface area contributed by atoms with E-state index in [2.05, 4.69) is 10.2 Å². The number of aromatic amines is 1. The van der Waals surface area contributed by atoms with Gasteiger partial charge in [0, 0.05) is 42.2 Å². The second-order valence-corrected chi connectivity index (χ2v) is 8.06. The van der Waals surface area contributed by atoms with Crippen LogP contribution in [0.25, 0.3) is 10.9 Å². The van der Waals surface area contributed by atoms with Gasteiger partial charge < -0.3 is 20.6 Å². The molecular weight excluding hydrogens is 491 g/mol. The molecule has 1 atom stereocenters. The first-order chi connectivity index (χ1) is 16.5. The number of hydrogen-bond acceptors (Lipinski definition) is 5. The third-order valence-electron chi connectivity index (χ3n) is 5.30. The molecule has 4 rings (SSSR count). The standard InChI is InChI=1S/C20H20ClN5O2.C2HF3O2/c21-16-4-1-13(2-5-16)18(22)20(28)26-9-7-25(8-10-26)19(27)14-3-6-17-15(11-14)12-23-24-17;3-2(4,5)1(6)7/h1-6,11-12,18H,7-10,22H2,(H,23,24);(H,6,7). The average molecular weight is 512 g/mol. The number of fused-ring (bicyclic) bond motifs is 1. The average Bonchev–Trinajstić information content (AvgIpc) is 3.31. The molecule has 186 valence electrons. The number of nitrogens with one attached hydrogen (secondary N) is 1. The Bertz CT molecular complexity index is 1210. The molecule has 2 heterocycles. The Balaban J connectivity index is 0.000000429. The predicted octanol–water partition coefficient (Wildman–Crippen LogP) is 2.83. The van der Waals surface area contributed by atoms with Crippen LogP contribution in [0.2, 0.25) is 5.02 Å². The highest BCUT2D eigenvalue weighted by molar-refractivity contribution is 6.30. The Morgan fingerprint density at radius 2 is 1.60 bits per heavy atom. The fraction of sp³-hybridized carbons (Fsp3) is 0.273. The van der Waals surface area contributed by atoms with Gasteiger partial charge in [-0.1, -0.05) is 23.7 Å². The van der Waals surface area contributed by atoms with Gasteiger partial charge in [0.1, 0.15) is 6.04 Å². The Morgan fingerprint density at radius 1 is 1.03 bits per heavy atom. The van der Waals surface area contributed by atoms with Crippen LogP contribution < -0.4 is 5.73 Å². The minimum absolute atomic E-state index is 0.0443. The van der Waals surface area contributed by atoms with E-state index in [9.17, 15) is 22.8 Å². The summed E-state index contributed by atoms with van der Waals surface area (Å²) in [5.74, 6) is -2.95. The maximum atomic E-state index is 12.8. The number of carbonyl (C=O) groups is 3. The summed E-state index contributed by atoms with van der Waals surface area (Å²) in [4.78, 5) is 37.9. The quantitative estimate of drug-likeness (QED) is 0.495. The monoisotopic (exact) mass is 511 g/mol. The van der Waals surface area contributed by atoms with Crippen molar-refractivity contribution in [3.05, 3.63) is 64.8 Å². The number of amides is 2. The fourth-order valence-corrected chi connectivity index (χ4v) is 3.52. The van der Waals surface area contributed by atoms with Gasteiger partial charge in [0.15, 0.2) is 0 Å². The number of halogens is 4. The zero-order valence-electron chi connectivity index (χ0n) is 18.1. The normalized spacial score (nSPS) is 14.8. The van der Waals surface area contributed by atoms with Crippen LogP contribution in [-0.2, 0) is 9.59 Å². The molecule has 0 aliphatic carbocycles. The van der Waals surface area contributed by atoms with Gasteiger partial charge in [-0.05, 0) is 35.9 Å². The number of piperazine rings is 1. The highest BCUT2D eigenvalue weighted by atomic mass is 35.5. The van der Waals surface area contributed by atoms with Gasteiger partial charge in [-0.25, -0.2) is 4.79 Å². The number of aromatic nitrogens is 2. The number of carbonyl (C=O) groups excluding carboxylic acids is 2. The second-order valence-electron chi connectivity index (χ2n) is 7.62. The van der Waals surface area contributed by atoms with Crippen molar-refractivity contribution in [3.8, 4) is 0 Å². The van der Waals surface area contributed by atoms with E-state index in [1.807, 2.05) is 12.1 Å². The van der Waals surface area contributed by atoms with Crippen LogP contribution >= 0.6 is 11.6 Å². The van der Waals surface area contributed by atoms with Crippen molar-refractivity contribution in [1.29, 1.82) is 0 Å². The summed E-state index contributed by atoms with van der Waals surface area (Å²) in [6, 6.07) is 11.7. The fourth-order valence-electron chi connectivity index (χ4n) is 3.40. The lowest BCUT2D eigenvalue weighted by Crippen LogP contribution is -2.52. The van der Waals surface area contributed by atoms with Gasteiger partial charge in [-0.3, -0.25) is 14.7 Å². The van der Waals surface area contributed by atoms with Crippen LogP contribution in [0.5, 0.6) is 0 Å². The molecule has 1 aromatic heterocycles. The van der Waals surface area contributed by atoms with Crippen molar-refractivity contribution in [2.45, 2.75) is 12.2 Å². The summed E-state index contributed by atoms with van der Waals surface area (Å²) in [5, 5.41) is 15.5. The predicted molar refractivity (Wildman–Crippen MR) is 121 cm³/mol. The first kappa shape index (κ1) is 26.0. The van der Waals surface area contributed by atoms with E-state index in [0.29, 0.717) is 36.8 Å². The molecule has 0 radical (unpaired) electrons. The Labute approximate surface area is 202 Å². The maximum Gasteiger partial charge on any atom is 0.490 e. The van der Waals surface area contributed by atoms with Crippen molar-refractivity contribution in [2.75, 3.05) is 26.2 Å². The number of rotatable bonds is 3. The number of hydrogen-bond donors (Lipinski definition) is 3. The maximum absolute atomic E-state index is 12.8. The molecule has 35 heavy (non-hydrogen) atoms. The molecule has 0 saturated carbocycles. The van der Waals surface area contributed by atoms with Gasteiger partial charge in [0.25, 0.3) is 5.91 Å². The van der Waals surface area contributed by atoms with Gasteiger partial charge in [-0.15, -0.1) is 0 Å². The number of carboxylic acids is 1. The van der Waals surface area contributed by atoms with E-state index in [-0.39, 0.29) is 11.8 Å². The zero-order valence-corrected chi connectivity index (χ0v) is 18.9. The van der Waals surface area contributed by atoms with E-state index in [4.69, 9.17) is 27.2 Å². The first-order valence-corrected chi connectivity index (χ1v) is 10.7. The zero-order chi connectivity index (χ0) is 25.8. The molecule has 13 heteroatoms. The van der Waals surface area contributed by atoms with E-state index < -0.39 is 18.2 Å². The van der Waals surface area contributed by atoms with Crippen LogP contribution in [0, 0.1) is 0 Å². The third kappa shape index (κ3) is 6.49. The molecule has 1 saturated heterocycles. The summed E-state index contributed by atoms with van der Waals surface area (Å²) in [6.45, 7) is 1.86. The number of benzene rings is 2. The minimum atomic E-state index is -5.08. The molecular formula is C22H21ClF3N5O4. The topological polar surface area (TPSA) is 133 Å². The largest absolute Gasteiger partial charge is 0.490 e. The van der Waals surface area contributed by atoms with Crippen LogP contribution in [0.3, 0.4) is 0 Å².